The predicted octanol–water partition coefficient (Wildman–Crippen LogP) is 5.38. The third-order valence-corrected chi connectivity index (χ3v) is 3.04. The van der Waals surface area contributed by atoms with Crippen LogP contribution < -0.4 is 0 Å². The first-order valence-corrected chi connectivity index (χ1v) is 8.99. The molecule has 0 unspecified atom stereocenters. The van der Waals surface area contributed by atoms with Crippen molar-refractivity contribution >= 4 is 0 Å². The zero-order chi connectivity index (χ0) is 16.5. The maximum Gasteiger partial charge on any atom is 0.321 e. The number of unbranched alkanes of at least 4 members (excludes halogenated alkanes) is 3. The molecule has 0 aromatic carbocycles. The summed E-state index contributed by atoms with van der Waals surface area (Å²) >= 11 is 0. The summed E-state index contributed by atoms with van der Waals surface area (Å²) in [6.07, 6.45) is 8.55. The van der Waals surface area contributed by atoms with Crippen LogP contribution >= 0.6 is 0 Å². The number of hydrogen-bond acceptors (Lipinski definition) is 4. The number of ether oxygens (including phenoxy) is 4. The first-order valence-electron chi connectivity index (χ1n) is 8.99. The van der Waals surface area contributed by atoms with Gasteiger partial charge in [0.2, 0.25) is 0 Å². The maximum atomic E-state index is 5.78. The normalized spacial score (nSPS) is 12.0. The molecule has 132 valence electrons. The Labute approximate surface area is 137 Å². The van der Waals surface area contributed by atoms with Crippen LogP contribution in [0.25, 0.3) is 0 Å². The van der Waals surface area contributed by atoms with Gasteiger partial charge in [-0.15, -0.1) is 0 Å². The Bertz CT molecular complexity index is 264. The van der Waals surface area contributed by atoms with E-state index in [1.54, 1.807) is 0 Å². The third kappa shape index (κ3) is 11.7. The van der Waals surface area contributed by atoms with E-state index in [0.29, 0.717) is 19.2 Å². The molecule has 0 atom stereocenters. The smallest absolute Gasteiger partial charge is 0.321 e. The first kappa shape index (κ1) is 21.1. The van der Waals surface area contributed by atoms with E-state index in [0.717, 1.165) is 44.5 Å². The highest BCUT2D eigenvalue weighted by atomic mass is 16.7. The summed E-state index contributed by atoms with van der Waals surface area (Å²) in [5, 5.41) is 0. The van der Waals surface area contributed by atoms with Crippen LogP contribution in [0.15, 0.2) is 11.7 Å². The zero-order valence-electron chi connectivity index (χ0n) is 15.1. The highest BCUT2D eigenvalue weighted by Crippen LogP contribution is 2.16. The molecule has 0 saturated carbocycles. The molecule has 0 amide bonds. The van der Waals surface area contributed by atoms with Gasteiger partial charge in [-0.05, 0) is 25.7 Å². The highest BCUT2D eigenvalue weighted by Gasteiger charge is 2.11. The van der Waals surface area contributed by atoms with Gasteiger partial charge >= 0.3 is 5.95 Å². The Morgan fingerprint density at radius 1 is 0.636 bits per heavy atom. The minimum Gasteiger partial charge on any atom is -0.491 e. The van der Waals surface area contributed by atoms with E-state index < -0.39 is 0 Å². The van der Waals surface area contributed by atoms with Gasteiger partial charge in [-0.25, -0.2) is 0 Å². The van der Waals surface area contributed by atoms with Crippen LogP contribution in [0.1, 0.15) is 79.1 Å². The average Bonchev–Trinajstić information content (AvgIpc) is 2.53. The SMILES string of the molecule is CCCCCCOCOC(OCCC)=C(CCC)OCCC. The maximum absolute atomic E-state index is 5.78. The molecular weight excluding hydrogens is 280 g/mol. The molecule has 0 aliphatic heterocycles. The van der Waals surface area contributed by atoms with E-state index in [4.69, 9.17) is 18.9 Å². The Kier molecular flexibility index (Phi) is 15.8. The molecule has 0 aliphatic carbocycles. The van der Waals surface area contributed by atoms with Gasteiger partial charge in [0.05, 0.1) is 19.8 Å². The molecule has 0 radical (unpaired) electrons. The van der Waals surface area contributed by atoms with Gasteiger partial charge in [0.15, 0.2) is 12.6 Å². The summed E-state index contributed by atoms with van der Waals surface area (Å²) in [7, 11) is 0. The molecule has 0 aromatic heterocycles. The fourth-order valence-corrected chi connectivity index (χ4v) is 1.87. The number of hydrogen-bond donors (Lipinski definition) is 0. The monoisotopic (exact) mass is 316 g/mol. The molecule has 0 aromatic rings. The summed E-state index contributed by atoms with van der Waals surface area (Å²) < 4.78 is 22.7. The van der Waals surface area contributed by atoms with E-state index in [-0.39, 0.29) is 6.79 Å². The molecule has 0 N–H and O–H groups in total. The predicted molar refractivity (Wildman–Crippen MR) is 90.5 cm³/mol. The lowest BCUT2D eigenvalue weighted by Gasteiger charge is -2.17. The Morgan fingerprint density at radius 3 is 2.00 bits per heavy atom. The van der Waals surface area contributed by atoms with Gasteiger partial charge in [0.25, 0.3) is 0 Å². The van der Waals surface area contributed by atoms with Crippen molar-refractivity contribution in [1.29, 1.82) is 0 Å². The molecule has 0 spiro atoms. The lowest BCUT2D eigenvalue weighted by atomic mass is 10.2. The Morgan fingerprint density at radius 2 is 1.36 bits per heavy atom. The first-order chi connectivity index (χ1) is 10.8. The van der Waals surface area contributed by atoms with Crippen molar-refractivity contribution in [1.82, 2.24) is 0 Å². The second kappa shape index (κ2) is 16.5. The van der Waals surface area contributed by atoms with Crippen LogP contribution in [0, 0.1) is 0 Å². The van der Waals surface area contributed by atoms with Crippen molar-refractivity contribution < 1.29 is 18.9 Å². The van der Waals surface area contributed by atoms with E-state index >= 15 is 0 Å². The van der Waals surface area contributed by atoms with E-state index in [1.807, 2.05) is 0 Å². The minimum absolute atomic E-state index is 0.230. The second-order valence-electron chi connectivity index (χ2n) is 5.39. The molecule has 0 aliphatic rings. The molecule has 4 nitrogen and oxygen atoms in total. The zero-order valence-corrected chi connectivity index (χ0v) is 15.1. The second-order valence-corrected chi connectivity index (χ2v) is 5.39. The highest BCUT2D eigenvalue weighted by molar-refractivity contribution is 4.95. The number of rotatable bonds is 16. The summed E-state index contributed by atoms with van der Waals surface area (Å²) in [5.41, 5.74) is 0. The Balaban J connectivity index is 4.26. The van der Waals surface area contributed by atoms with Crippen molar-refractivity contribution in [2.24, 2.45) is 0 Å². The minimum atomic E-state index is 0.230. The van der Waals surface area contributed by atoms with Gasteiger partial charge in [-0.3, -0.25) is 0 Å². The lowest BCUT2D eigenvalue weighted by Crippen LogP contribution is -2.10. The quantitative estimate of drug-likeness (QED) is 0.218. The van der Waals surface area contributed by atoms with Crippen LogP contribution in [0.4, 0.5) is 0 Å². The van der Waals surface area contributed by atoms with E-state index in [1.165, 1.54) is 19.3 Å². The molecule has 22 heavy (non-hydrogen) atoms. The topological polar surface area (TPSA) is 36.9 Å². The molecule has 0 heterocycles. The fraction of sp³-hybridized carbons (Fsp3) is 0.889. The van der Waals surface area contributed by atoms with Crippen molar-refractivity contribution in [3.8, 4) is 0 Å². The van der Waals surface area contributed by atoms with E-state index in [9.17, 15) is 0 Å². The summed E-state index contributed by atoms with van der Waals surface area (Å²) in [4.78, 5) is 0. The molecule has 0 rings (SSSR count). The van der Waals surface area contributed by atoms with Crippen LogP contribution in [-0.4, -0.2) is 26.6 Å². The molecule has 4 heteroatoms. The molecule has 0 saturated heterocycles. The van der Waals surface area contributed by atoms with Crippen LogP contribution in [0.3, 0.4) is 0 Å². The standard InChI is InChI=1S/C18H36O4/c1-5-9-10-11-15-19-16-22-18(21-14-8-4)17(12-6-2)20-13-7-3/h5-16H2,1-4H3. The van der Waals surface area contributed by atoms with Gasteiger partial charge in [-0.1, -0.05) is 47.0 Å². The third-order valence-electron chi connectivity index (χ3n) is 3.04. The van der Waals surface area contributed by atoms with Gasteiger partial charge in [-0.2, -0.15) is 0 Å². The van der Waals surface area contributed by atoms with Gasteiger partial charge in [0, 0.05) is 6.42 Å². The number of allylic oxidation sites excluding steroid dienone is 1. The van der Waals surface area contributed by atoms with Gasteiger partial charge < -0.3 is 18.9 Å². The van der Waals surface area contributed by atoms with Crippen molar-refractivity contribution in [3.05, 3.63) is 11.7 Å². The average molecular weight is 316 g/mol. The van der Waals surface area contributed by atoms with Gasteiger partial charge in [0.1, 0.15) is 0 Å². The molecular formula is C18H36O4. The fourth-order valence-electron chi connectivity index (χ4n) is 1.87. The van der Waals surface area contributed by atoms with Crippen LogP contribution in [0.5, 0.6) is 0 Å². The lowest BCUT2D eigenvalue weighted by molar-refractivity contribution is -0.0840. The van der Waals surface area contributed by atoms with Crippen molar-refractivity contribution in [3.63, 3.8) is 0 Å². The summed E-state index contributed by atoms with van der Waals surface area (Å²) in [6.45, 7) is 10.8. The van der Waals surface area contributed by atoms with Crippen molar-refractivity contribution in [2.75, 3.05) is 26.6 Å². The van der Waals surface area contributed by atoms with Crippen LogP contribution in [-0.2, 0) is 18.9 Å². The summed E-state index contributed by atoms with van der Waals surface area (Å²) in [6, 6.07) is 0. The molecule has 0 fully saturated rings. The summed E-state index contributed by atoms with van der Waals surface area (Å²) in [5.74, 6) is 1.32. The van der Waals surface area contributed by atoms with E-state index in [2.05, 4.69) is 27.7 Å². The van der Waals surface area contributed by atoms with Crippen LogP contribution in [0.2, 0.25) is 0 Å². The largest absolute Gasteiger partial charge is 0.491 e. The molecule has 0 bridgehead atoms. The van der Waals surface area contributed by atoms with Crippen molar-refractivity contribution in [2.45, 2.75) is 79.1 Å². The Hall–Kier alpha value is -0.900.